The minimum Gasteiger partial charge on any atom is -0.483 e. The molecule has 0 unspecified atom stereocenters. The van der Waals surface area contributed by atoms with Crippen LogP contribution in [0, 0.1) is 19.8 Å². The zero-order valence-corrected chi connectivity index (χ0v) is 13.3. The van der Waals surface area contributed by atoms with Crippen molar-refractivity contribution in [3.8, 4) is 5.75 Å². The second-order valence-corrected chi connectivity index (χ2v) is 5.96. The van der Waals surface area contributed by atoms with E-state index in [9.17, 15) is 4.79 Å². The molecule has 1 aliphatic rings. The number of nitrogens with one attached hydrogen (secondary N) is 1. The predicted octanol–water partition coefficient (Wildman–Crippen LogP) is 2.14. The highest BCUT2D eigenvalue weighted by molar-refractivity contribution is 5.78. The van der Waals surface area contributed by atoms with Gasteiger partial charge in [0.15, 0.2) is 6.61 Å². The van der Waals surface area contributed by atoms with Gasteiger partial charge in [0.05, 0.1) is 0 Å². The first-order valence-electron chi connectivity index (χ1n) is 7.72. The SMILES string of the molecule is CNC[C@@H]1CCCN(C(=O)COc2cc(C)ccc2C)C1. The molecular formula is C17H26N2O2. The first kappa shape index (κ1) is 15.8. The lowest BCUT2D eigenvalue weighted by Crippen LogP contribution is -2.44. The molecule has 1 heterocycles. The standard InChI is InChI=1S/C17H26N2O2/c1-13-6-7-14(2)16(9-13)21-12-17(20)19-8-4-5-15(11-19)10-18-3/h6-7,9,15,18H,4-5,8,10-12H2,1-3H3/t15-/m0/s1. The lowest BCUT2D eigenvalue weighted by Gasteiger charge is -2.32. The Kier molecular flexibility index (Phi) is 5.62. The van der Waals surface area contributed by atoms with E-state index in [1.165, 1.54) is 6.42 Å². The molecule has 0 bridgehead atoms. The van der Waals surface area contributed by atoms with Gasteiger partial charge in [0, 0.05) is 13.1 Å². The number of likely N-dealkylation sites (tertiary alicyclic amines) is 1. The van der Waals surface area contributed by atoms with Crippen LogP contribution in [-0.2, 0) is 4.79 Å². The van der Waals surface area contributed by atoms with Gasteiger partial charge in [-0.1, -0.05) is 12.1 Å². The molecule has 1 N–H and O–H groups in total. The molecule has 0 saturated carbocycles. The number of benzene rings is 1. The fourth-order valence-electron chi connectivity index (χ4n) is 2.84. The van der Waals surface area contributed by atoms with Crippen molar-refractivity contribution < 1.29 is 9.53 Å². The van der Waals surface area contributed by atoms with E-state index in [-0.39, 0.29) is 12.5 Å². The zero-order chi connectivity index (χ0) is 15.2. The van der Waals surface area contributed by atoms with Gasteiger partial charge in [-0.25, -0.2) is 0 Å². The van der Waals surface area contributed by atoms with Crippen LogP contribution in [0.2, 0.25) is 0 Å². The van der Waals surface area contributed by atoms with Gasteiger partial charge in [-0.2, -0.15) is 0 Å². The summed E-state index contributed by atoms with van der Waals surface area (Å²) in [5.74, 6) is 1.47. The van der Waals surface area contributed by atoms with Gasteiger partial charge in [0.25, 0.3) is 5.91 Å². The fourth-order valence-corrected chi connectivity index (χ4v) is 2.84. The Morgan fingerprint density at radius 1 is 1.43 bits per heavy atom. The van der Waals surface area contributed by atoms with E-state index in [1.807, 2.05) is 37.9 Å². The topological polar surface area (TPSA) is 41.6 Å². The first-order valence-corrected chi connectivity index (χ1v) is 7.72. The van der Waals surface area contributed by atoms with Gasteiger partial charge in [0.2, 0.25) is 0 Å². The van der Waals surface area contributed by atoms with Crippen LogP contribution in [0.15, 0.2) is 18.2 Å². The van der Waals surface area contributed by atoms with Crippen LogP contribution >= 0.6 is 0 Å². The van der Waals surface area contributed by atoms with Gasteiger partial charge in [-0.05, 0) is 63.4 Å². The van der Waals surface area contributed by atoms with Crippen LogP contribution in [0.1, 0.15) is 24.0 Å². The summed E-state index contributed by atoms with van der Waals surface area (Å²) in [6.45, 7) is 6.84. The molecule has 1 atom stereocenters. The molecule has 4 heteroatoms. The molecule has 4 nitrogen and oxygen atoms in total. The Morgan fingerprint density at radius 3 is 3.00 bits per heavy atom. The second-order valence-electron chi connectivity index (χ2n) is 5.96. The minimum atomic E-state index is 0.0942. The normalized spacial score (nSPS) is 18.6. The van der Waals surface area contributed by atoms with Crippen molar-refractivity contribution >= 4 is 5.91 Å². The highest BCUT2D eigenvalue weighted by Crippen LogP contribution is 2.20. The molecule has 1 saturated heterocycles. The molecule has 1 fully saturated rings. The van der Waals surface area contributed by atoms with E-state index in [0.29, 0.717) is 5.92 Å². The molecule has 1 aliphatic heterocycles. The quantitative estimate of drug-likeness (QED) is 0.903. The summed E-state index contributed by atoms with van der Waals surface area (Å²) in [6.07, 6.45) is 2.28. The average molecular weight is 290 g/mol. The number of piperidine rings is 1. The fraction of sp³-hybridized carbons (Fsp3) is 0.588. The molecule has 2 rings (SSSR count). The van der Waals surface area contributed by atoms with Crippen LogP contribution in [-0.4, -0.2) is 44.1 Å². The smallest absolute Gasteiger partial charge is 0.260 e. The van der Waals surface area contributed by atoms with Crippen LogP contribution in [0.25, 0.3) is 0 Å². The van der Waals surface area contributed by atoms with E-state index >= 15 is 0 Å². The minimum absolute atomic E-state index is 0.0942. The lowest BCUT2D eigenvalue weighted by atomic mass is 9.98. The predicted molar refractivity (Wildman–Crippen MR) is 84.6 cm³/mol. The van der Waals surface area contributed by atoms with Crippen molar-refractivity contribution in [2.75, 3.05) is 33.3 Å². The van der Waals surface area contributed by atoms with Crippen molar-refractivity contribution in [1.82, 2.24) is 10.2 Å². The Hall–Kier alpha value is -1.55. The van der Waals surface area contributed by atoms with Crippen molar-refractivity contribution in [3.05, 3.63) is 29.3 Å². The first-order chi connectivity index (χ1) is 10.1. The van der Waals surface area contributed by atoms with E-state index in [4.69, 9.17) is 4.74 Å². The molecule has 0 radical (unpaired) electrons. The maximum Gasteiger partial charge on any atom is 0.260 e. The number of hydrogen-bond acceptors (Lipinski definition) is 3. The number of hydrogen-bond donors (Lipinski definition) is 1. The summed E-state index contributed by atoms with van der Waals surface area (Å²) >= 11 is 0. The van der Waals surface area contributed by atoms with E-state index in [0.717, 1.165) is 42.9 Å². The number of ether oxygens (including phenoxy) is 1. The van der Waals surface area contributed by atoms with Crippen LogP contribution < -0.4 is 10.1 Å². The molecular weight excluding hydrogens is 264 g/mol. The van der Waals surface area contributed by atoms with E-state index in [2.05, 4.69) is 11.4 Å². The Balaban J connectivity index is 1.88. The highest BCUT2D eigenvalue weighted by Gasteiger charge is 2.23. The summed E-state index contributed by atoms with van der Waals surface area (Å²) in [6, 6.07) is 6.07. The van der Waals surface area contributed by atoms with Crippen LogP contribution in [0.4, 0.5) is 0 Å². The van der Waals surface area contributed by atoms with Crippen LogP contribution in [0.3, 0.4) is 0 Å². The number of nitrogens with zero attached hydrogens (tertiary/aromatic N) is 1. The summed E-state index contributed by atoms with van der Waals surface area (Å²) in [4.78, 5) is 14.2. The lowest BCUT2D eigenvalue weighted by molar-refractivity contribution is -0.135. The Labute approximate surface area is 127 Å². The van der Waals surface area contributed by atoms with Crippen LogP contribution in [0.5, 0.6) is 5.75 Å². The molecule has 0 aliphatic carbocycles. The van der Waals surface area contributed by atoms with Gasteiger partial charge >= 0.3 is 0 Å². The molecule has 1 aromatic carbocycles. The van der Waals surface area contributed by atoms with Crippen molar-refractivity contribution in [2.24, 2.45) is 5.92 Å². The number of rotatable bonds is 5. The summed E-state index contributed by atoms with van der Waals surface area (Å²) < 4.78 is 5.72. The molecule has 0 aromatic heterocycles. The largest absolute Gasteiger partial charge is 0.483 e. The van der Waals surface area contributed by atoms with E-state index in [1.54, 1.807) is 0 Å². The molecule has 1 amide bonds. The van der Waals surface area contributed by atoms with Crippen molar-refractivity contribution in [1.29, 1.82) is 0 Å². The molecule has 1 aromatic rings. The van der Waals surface area contributed by atoms with Gasteiger partial charge in [0.1, 0.15) is 5.75 Å². The second kappa shape index (κ2) is 7.46. The summed E-state index contributed by atoms with van der Waals surface area (Å²) in [7, 11) is 1.96. The van der Waals surface area contributed by atoms with Gasteiger partial charge in [-0.3, -0.25) is 4.79 Å². The third-order valence-electron chi connectivity index (χ3n) is 4.06. The third-order valence-corrected chi connectivity index (χ3v) is 4.06. The third kappa shape index (κ3) is 4.46. The number of carbonyl (C=O) groups is 1. The zero-order valence-electron chi connectivity index (χ0n) is 13.3. The molecule has 0 spiro atoms. The number of carbonyl (C=O) groups excluding carboxylic acids is 1. The highest BCUT2D eigenvalue weighted by atomic mass is 16.5. The van der Waals surface area contributed by atoms with E-state index < -0.39 is 0 Å². The number of amides is 1. The number of aryl methyl sites for hydroxylation is 2. The molecule has 116 valence electrons. The van der Waals surface area contributed by atoms with Gasteiger partial charge in [-0.15, -0.1) is 0 Å². The average Bonchev–Trinajstić information content (AvgIpc) is 2.48. The van der Waals surface area contributed by atoms with Gasteiger partial charge < -0.3 is 15.0 Å². The molecule has 21 heavy (non-hydrogen) atoms. The monoisotopic (exact) mass is 290 g/mol. The van der Waals surface area contributed by atoms with Crippen molar-refractivity contribution in [2.45, 2.75) is 26.7 Å². The maximum atomic E-state index is 12.3. The Morgan fingerprint density at radius 2 is 2.24 bits per heavy atom. The van der Waals surface area contributed by atoms with Crippen molar-refractivity contribution in [3.63, 3.8) is 0 Å². The summed E-state index contributed by atoms with van der Waals surface area (Å²) in [5.41, 5.74) is 2.22. The summed E-state index contributed by atoms with van der Waals surface area (Å²) in [5, 5.41) is 3.20. The Bertz CT molecular complexity index is 486. The maximum absolute atomic E-state index is 12.3.